The van der Waals surface area contributed by atoms with Gasteiger partial charge in [-0.3, -0.25) is 9.80 Å². The third kappa shape index (κ3) is 10.7. The standard InChI is InChI=1S/C28H50N2O3/c1-5-9-11-13-15-20-29(7-3)27-23-31-24-28(30(8-4)21-16-14-12-10-6-2)33-26-19-17-18-25(22-26)32-27/h17-19,22,27-28H,5-16,20-21,23-24H2,1-4H3. The van der Waals surface area contributed by atoms with Crippen LogP contribution in [0.5, 0.6) is 11.5 Å². The molecule has 0 radical (unpaired) electrons. The van der Waals surface area contributed by atoms with Crippen molar-refractivity contribution in [2.75, 3.05) is 39.4 Å². The van der Waals surface area contributed by atoms with Crippen LogP contribution in [0.15, 0.2) is 24.3 Å². The van der Waals surface area contributed by atoms with E-state index in [1.165, 1.54) is 64.2 Å². The molecule has 0 saturated carbocycles. The second kappa shape index (κ2) is 17.2. The number of fused-ring (bicyclic) bond motifs is 2. The molecule has 2 atom stereocenters. The van der Waals surface area contributed by atoms with E-state index in [0.717, 1.165) is 37.7 Å². The average molecular weight is 463 g/mol. The van der Waals surface area contributed by atoms with Crippen LogP contribution in [-0.2, 0) is 4.74 Å². The summed E-state index contributed by atoms with van der Waals surface area (Å²) in [4.78, 5) is 4.84. The molecule has 2 unspecified atom stereocenters. The second-order valence-corrected chi connectivity index (χ2v) is 9.24. The van der Waals surface area contributed by atoms with Gasteiger partial charge in [0.25, 0.3) is 0 Å². The van der Waals surface area contributed by atoms with Crippen LogP contribution in [0.2, 0.25) is 0 Å². The minimum Gasteiger partial charge on any atom is -0.473 e. The third-order valence-corrected chi connectivity index (χ3v) is 6.60. The van der Waals surface area contributed by atoms with Crippen LogP contribution < -0.4 is 9.47 Å². The largest absolute Gasteiger partial charge is 0.473 e. The minimum absolute atomic E-state index is 0.0701. The van der Waals surface area contributed by atoms with Crippen LogP contribution in [0.1, 0.15) is 91.9 Å². The number of hydrogen-bond donors (Lipinski definition) is 0. The monoisotopic (exact) mass is 462 g/mol. The van der Waals surface area contributed by atoms with Crippen LogP contribution in [0.3, 0.4) is 0 Å². The molecule has 0 N–H and O–H groups in total. The Kier molecular flexibility index (Phi) is 14.5. The first kappa shape index (κ1) is 27.9. The fourth-order valence-electron chi connectivity index (χ4n) is 4.48. The van der Waals surface area contributed by atoms with Gasteiger partial charge in [-0.2, -0.15) is 0 Å². The summed E-state index contributed by atoms with van der Waals surface area (Å²) in [6, 6.07) is 8.12. The molecule has 1 aromatic carbocycles. The smallest absolute Gasteiger partial charge is 0.176 e. The molecule has 190 valence electrons. The van der Waals surface area contributed by atoms with Crippen molar-refractivity contribution in [3.63, 3.8) is 0 Å². The lowest BCUT2D eigenvalue weighted by atomic mass is 10.1. The van der Waals surface area contributed by atoms with Crippen molar-refractivity contribution >= 4 is 0 Å². The van der Waals surface area contributed by atoms with Gasteiger partial charge in [0.1, 0.15) is 11.5 Å². The minimum atomic E-state index is -0.0701. The SMILES string of the molecule is CCCCCCCN(CC)C1COCC(N(CC)CCCCCCC)Oc2cccc(c2)O1. The maximum Gasteiger partial charge on any atom is 0.176 e. The normalized spacial score (nSPS) is 18.8. The summed E-state index contributed by atoms with van der Waals surface area (Å²) >= 11 is 0. The second-order valence-electron chi connectivity index (χ2n) is 9.24. The molecule has 0 aliphatic carbocycles. The third-order valence-electron chi connectivity index (χ3n) is 6.60. The van der Waals surface area contributed by atoms with Crippen molar-refractivity contribution in [1.82, 2.24) is 9.80 Å². The lowest BCUT2D eigenvalue weighted by molar-refractivity contribution is -0.0875. The highest BCUT2D eigenvalue weighted by Gasteiger charge is 2.25. The van der Waals surface area contributed by atoms with E-state index < -0.39 is 0 Å². The molecular weight excluding hydrogens is 412 g/mol. The van der Waals surface area contributed by atoms with Gasteiger partial charge in [0, 0.05) is 19.2 Å². The summed E-state index contributed by atoms with van der Waals surface area (Å²) in [5.41, 5.74) is 0. The van der Waals surface area contributed by atoms with Gasteiger partial charge >= 0.3 is 0 Å². The van der Waals surface area contributed by atoms with Gasteiger partial charge in [-0.1, -0.05) is 85.1 Å². The van der Waals surface area contributed by atoms with Crippen molar-refractivity contribution in [2.45, 2.75) is 104 Å². The van der Waals surface area contributed by atoms with E-state index in [1.54, 1.807) is 0 Å². The van der Waals surface area contributed by atoms with Gasteiger partial charge in [-0.15, -0.1) is 0 Å². The van der Waals surface area contributed by atoms with Gasteiger partial charge in [0.05, 0.1) is 13.2 Å². The topological polar surface area (TPSA) is 34.2 Å². The number of ether oxygens (including phenoxy) is 3. The first-order chi connectivity index (χ1) is 16.2. The highest BCUT2D eigenvalue weighted by Crippen LogP contribution is 2.25. The van der Waals surface area contributed by atoms with E-state index in [2.05, 4.69) is 37.5 Å². The number of unbranched alkanes of at least 4 members (excludes halogenated alkanes) is 8. The lowest BCUT2D eigenvalue weighted by Gasteiger charge is -2.35. The van der Waals surface area contributed by atoms with Crippen LogP contribution in [0, 0.1) is 0 Å². The van der Waals surface area contributed by atoms with E-state index in [-0.39, 0.29) is 12.5 Å². The highest BCUT2D eigenvalue weighted by atomic mass is 16.6. The van der Waals surface area contributed by atoms with Gasteiger partial charge < -0.3 is 14.2 Å². The Labute approximate surface area is 203 Å². The summed E-state index contributed by atoms with van der Waals surface area (Å²) in [5, 5.41) is 0. The molecule has 5 nitrogen and oxygen atoms in total. The zero-order valence-corrected chi connectivity index (χ0v) is 21.9. The Balaban J connectivity index is 2.01. The van der Waals surface area contributed by atoms with Gasteiger partial charge in [0.2, 0.25) is 0 Å². The zero-order chi connectivity index (χ0) is 23.7. The molecule has 2 rings (SSSR count). The van der Waals surface area contributed by atoms with Crippen molar-refractivity contribution in [2.24, 2.45) is 0 Å². The Bertz CT molecular complexity index is 565. The summed E-state index contributed by atoms with van der Waals surface area (Å²) in [7, 11) is 0. The molecule has 0 saturated heterocycles. The van der Waals surface area contributed by atoms with Crippen LogP contribution >= 0.6 is 0 Å². The number of likely N-dealkylation sites (N-methyl/N-ethyl adjacent to an activating group) is 2. The highest BCUT2D eigenvalue weighted by molar-refractivity contribution is 5.33. The predicted molar refractivity (Wildman–Crippen MR) is 138 cm³/mol. The van der Waals surface area contributed by atoms with Crippen LogP contribution in [0.25, 0.3) is 0 Å². The fourth-order valence-corrected chi connectivity index (χ4v) is 4.48. The molecule has 1 heterocycles. The summed E-state index contributed by atoms with van der Waals surface area (Å²) in [5.74, 6) is 1.71. The Morgan fingerprint density at radius 3 is 1.55 bits per heavy atom. The summed E-state index contributed by atoms with van der Waals surface area (Å²) in [6.45, 7) is 14.1. The lowest BCUT2D eigenvalue weighted by Crippen LogP contribution is -2.47. The molecule has 0 fully saturated rings. The van der Waals surface area contributed by atoms with Crippen molar-refractivity contribution in [3.8, 4) is 11.5 Å². The molecule has 0 spiro atoms. The van der Waals surface area contributed by atoms with Gasteiger partial charge in [-0.05, 0) is 38.1 Å². The molecule has 5 heteroatoms. The molecule has 2 bridgehead atoms. The summed E-state index contributed by atoms with van der Waals surface area (Å²) in [6.07, 6.45) is 12.7. The maximum atomic E-state index is 6.39. The molecule has 1 aliphatic rings. The number of hydrogen-bond acceptors (Lipinski definition) is 5. The van der Waals surface area contributed by atoms with E-state index in [4.69, 9.17) is 14.2 Å². The van der Waals surface area contributed by atoms with Crippen LogP contribution in [-0.4, -0.2) is 61.6 Å². The van der Waals surface area contributed by atoms with Crippen molar-refractivity contribution < 1.29 is 14.2 Å². The molecular formula is C28H50N2O3. The van der Waals surface area contributed by atoms with E-state index in [0.29, 0.717) is 13.2 Å². The van der Waals surface area contributed by atoms with Gasteiger partial charge in [0.15, 0.2) is 12.5 Å². The molecule has 0 amide bonds. The van der Waals surface area contributed by atoms with Gasteiger partial charge in [-0.25, -0.2) is 0 Å². The first-order valence-electron chi connectivity index (χ1n) is 13.7. The zero-order valence-electron chi connectivity index (χ0n) is 21.9. The number of nitrogens with zero attached hydrogens (tertiary/aromatic N) is 2. The Morgan fingerprint density at radius 2 is 1.12 bits per heavy atom. The number of benzene rings is 1. The van der Waals surface area contributed by atoms with E-state index >= 15 is 0 Å². The van der Waals surface area contributed by atoms with Crippen LogP contribution in [0.4, 0.5) is 0 Å². The predicted octanol–water partition coefficient (Wildman–Crippen LogP) is 6.71. The molecule has 1 aromatic rings. The van der Waals surface area contributed by atoms with Crippen molar-refractivity contribution in [3.05, 3.63) is 24.3 Å². The van der Waals surface area contributed by atoms with E-state index in [1.807, 2.05) is 24.3 Å². The average Bonchev–Trinajstić information content (AvgIpc) is 2.83. The first-order valence-corrected chi connectivity index (χ1v) is 13.7. The quantitative estimate of drug-likeness (QED) is 0.255. The molecule has 1 aliphatic heterocycles. The Morgan fingerprint density at radius 1 is 0.667 bits per heavy atom. The van der Waals surface area contributed by atoms with Crippen molar-refractivity contribution in [1.29, 1.82) is 0 Å². The maximum absolute atomic E-state index is 6.39. The fraction of sp³-hybridized carbons (Fsp3) is 0.786. The number of rotatable bonds is 16. The Hall–Kier alpha value is -1.30. The molecule has 33 heavy (non-hydrogen) atoms. The van der Waals surface area contributed by atoms with E-state index in [9.17, 15) is 0 Å². The molecule has 0 aromatic heterocycles. The summed E-state index contributed by atoms with van der Waals surface area (Å²) < 4.78 is 19.0.